The predicted molar refractivity (Wildman–Crippen MR) is 142 cm³/mol. The molecule has 8 rings (SSSR count). The van der Waals surface area contributed by atoms with Gasteiger partial charge in [0.1, 0.15) is 16.3 Å². The molecule has 4 aromatic carbocycles. The second-order valence-electron chi connectivity index (χ2n) is 9.81. The number of hydrogen-bond donors (Lipinski definition) is 1. The van der Waals surface area contributed by atoms with E-state index < -0.39 is 45.9 Å². The van der Waals surface area contributed by atoms with Crippen LogP contribution in [0.1, 0.15) is 22.3 Å². The van der Waals surface area contributed by atoms with Gasteiger partial charge in [-0.05, 0) is 33.7 Å². The Balaban J connectivity index is 1.28. The average molecular weight is 527 g/mol. The van der Waals surface area contributed by atoms with Gasteiger partial charge >= 0.3 is 0 Å². The highest BCUT2D eigenvalue weighted by molar-refractivity contribution is 6.36. The first-order valence-electron chi connectivity index (χ1n) is 12.1. The van der Waals surface area contributed by atoms with Gasteiger partial charge in [-0.1, -0.05) is 84.9 Å². The lowest BCUT2D eigenvalue weighted by molar-refractivity contribution is -0.142. The molecule has 0 radical (unpaired) electrons. The normalized spacial score (nSPS) is 27.1. The molecule has 0 saturated carbocycles. The Hall–Kier alpha value is -3.67. The van der Waals surface area contributed by atoms with Crippen LogP contribution >= 0.6 is 23.2 Å². The Kier molecular flexibility index (Phi) is 4.67. The highest BCUT2D eigenvalue weighted by Gasteiger charge is 2.73. The topological polar surface area (TPSA) is 66.5 Å². The third-order valence-electron chi connectivity index (χ3n) is 8.04. The maximum atomic E-state index is 13.9. The van der Waals surface area contributed by atoms with Gasteiger partial charge in [0.05, 0.1) is 11.8 Å². The van der Waals surface area contributed by atoms with Crippen molar-refractivity contribution in [2.45, 2.75) is 9.75 Å². The van der Waals surface area contributed by atoms with Crippen molar-refractivity contribution in [2.75, 3.05) is 11.9 Å². The van der Waals surface area contributed by atoms with Gasteiger partial charge in [0.15, 0.2) is 0 Å². The van der Waals surface area contributed by atoms with Crippen molar-refractivity contribution < 1.29 is 14.4 Å². The molecule has 2 atom stereocenters. The van der Waals surface area contributed by atoms with Crippen molar-refractivity contribution in [2.24, 2.45) is 11.8 Å². The zero-order valence-corrected chi connectivity index (χ0v) is 21.0. The number of alkyl halides is 2. The van der Waals surface area contributed by atoms with E-state index in [1.54, 1.807) is 6.07 Å². The molecule has 1 N–H and O–H groups in total. The molecule has 4 aliphatic rings. The summed E-state index contributed by atoms with van der Waals surface area (Å²) in [5, 5.41) is 4.72. The molecule has 0 spiro atoms. The molecule has 37 heavy (non-hydrogen) atoms. The maximum Gasteiger partial charge on any atom is 0.244 e. The van der Waals surface area contributed by atoms with Crippen molar-refractivity contribution in [3.05, 3.63) is 113 Å². The third kappa shape index (κ3) is 2.79. The molecule has 3 amide bonds. The van der Waals surface area contributed by atoms with Crippen molar-refractivity contribution in [3.63, 3.8) is 0 Å². The van der Waals surface area contributed by atoms with E-state index in [9.17, 15) is 14.4 Å². The van der Waals surface area contributed by atoms with E-state index >= 15 is 0 Å². The van der Waals surface area contributed by atoms with Crippen LogP contribution in [0.25, 0.3) is 10.8 Å². The summed E-state index contributed by atoms with van der Waals surface area (Å²) in [6.45, 7) is -0.416. The van der Waals surface area contributed by atoms with E-state index in [4.69, 9.17) is 23.2 Å². The first kappa shape index (κ1) is 22.5. The lowest BCUT2D eigenvalue weighted by Gasteiger charge is -2.54. The summed E-state index contributed by atoms with van der Waals surface area (Å²) in [6, 6.07) is 28.2. The van der Waals surface area contributed by atoms with Crippen LogP contribution < -0.4 is 5.32 Å². The summed E-state index contributed by atoms with van der Waals surface area (Å²) in [5.74, 6) is -3.27. The number of nitrogens with one attached hydrogen (secondary N) is 1. The molecular formula is C30H20Cl2N2O3. The molecule has 7 heteroatoms. The van der Waals surface area contributed by atoms with E-state index in [0.29, 0.717) is 5.69 Å². The number of fused-ring (bicyclic) bond motifs is 1. The van der Waals surface area contributed by atoms with Gasteiger partial charge < -0.3 is 5.32 Å². The molecule has 0 aromatic heterocycles. The molecule has 4 aromatic rings. The zero-order chi connectivity index (χ0) is 25.5. The molecular weight excluding hydrogens is 507 g/mol. The van der Waals surface area contributed by atoms with E-state index in [2.05, 4.69) is 5.32 Å². The van der Waals surface area contributed by atoms with Gasteiger partial charge in [-0.25, -0.2) is 0 Å². The maximum absolute atomic E-state index is 13.9. The zero-order valence-electron chi connectivity index (χ0n) is 19.4. The van der Waals surface area contributed by atoms with Crippen LogP contribution in [0.5, 0.6) is 0 Å². The van der Waals surface area contributed by atoms with Gasteiger partial charge in [-0.15, -0.1) is 23.2 Å². The number of anilines is 1. The quantitative estimate of drug-likeness (QED) is 0.288. The van der Waals surface area contributed by atoms with Crippen LogP contribution in [0.3, 0.4) is 0 Å². The van der Waals surface area contributed by atoms with Crippen LogP contribution in [0.15, 0.2) is 91.0 Å². The Labute approximate surface area is 223 Å². The molecule has 1 aliphatic heterocycles. The smallest absolute Gasteiger partial charge is 0.244 e. The second kappa shape index (κ2) is 7.67. The molecule has 1 saturated heterocycles. The van der Waals surface area contributed by atoms with Gasteiger partial charge in [-0.2, -0.15) is 0 Å². The number of benzene rings is 4. The minimum absolute atomic E-state index is 0.416. The molecule has 0 unspecified atom stereocenters. The van der Waals surface area contributed by atoms with Crippen LogP contribution in [0, 0.1) is 11.8 Å². The molecule has 1 heterocycles. The second-order valence-corrected chi connectivity index (χ2v) is 11.0. The number of carbonyl (C=O) groups is 3. The molecule has 2 bridgehead atoms. The number of amides is 3. The fraction of sp³-hybridized carbons (Fsp3) is 0.167. The molecule has 3 aliphatic carbocycles. The molecule has 1 fully saturated rings. The highest BCUT2D eigenvalue weighted by atomic mass is 35.5. The van der Waals surface area contributed by atoms with Crippen LogP contribution in [-0.4, -0.2) is 29.2 Å². The average Bonchev–Trinajstić information content (AvgIpc) is 3.18. The number of hydrogen-bond acceptors (Lipinski definition) is 3. The number of likely N-dealkylation sites (tertiary alicyclic amines) is 1. The summed E-state index contributed by atoms with van der Waals surface area (Å²) in [6.07, 6.45) is 0. The third-order valence-corrected chi connectivity index (χ3v) is 9.33. The van der Waals surface area contributed by atoms with Crippen molar-refractivity contribution in [1.82, 2.24) is 4.90 Å². The van der Waals surface area contributed by atoms with E-state index in [1.807, 2.05) is 84.9 Å². The Morgan fingerprint density at radius 3 is 1.70 bits per heavy atom. The summed E-state index contributed by atoms with van der Waals surface area (Å²) < 4.78 is 0. The van der Waals surface area contributed by atoms with E-state index in [1.165, 1.54) is 0 Å². The predicted octanol–water partition coefficient (Wildman–Crippen LogP) is 5.37. The van der Waals surface area contributed by atoms with E-state index in [0.717, 1.165) is 37.9 Å². The van der Waals surface area contributed by atoms with Gasteiger partial charge in [0.25, 0.3) is 0 Å². The standard InChI is InChI=1S/C30H20Cl2N2O3/c31-29-19-11-3-4-12-20(19)30(32,22-14-6-5-13-21(22)29)26-25(29)27(36)34(28(26)37)16-24(35)33-23-15-7-9-17-8-1-2-10-18(17)23/h1-15,25-26H,16H2,(H,33,35)/t25-,26-,29?,30?/m0/s1. The Morgan fingerprint density at radius 2 is 1.16 bits per heavy atom. The summed E-state index contributed by atoms with van der Waals surface area (Å²) >= 11 is 14.8. The summed E-state index contributed by atoms with van der Waals surface area (Å²) in [7, 11) is 0. The van der Waals surface area contributed by atoms with Crippen molar-refractivity contribution in [1.29, 1.82) is 0 Å². The lowest BCUT2D eigenvalue weighted by atomic mass is 9.54. The first-order valence-corrected chi connectivity index (χ1v) is 12.8. The fourth-order valence-electron chi connectivity index (χ4n) is 6.55. The molecule has 5 nitrogen and oxygen atoms in total. The van der Waals surface area contributed by atoms with E-state index in [-0.39, 0.29) is 0 Å². The Bertz CT molecular complexity index is 1540. The van der Waals surface area contributed by atoms with Gasteiger partial charge in [0, 0.05) is 11.1 Å². The number of rotatable bonds is 3. The minimum Gasteiger partial charge on any atom is -0.324 e. The summed E-state index contributed by atoms with van der Waals surface area (Å²) in [5.41, 5.74) is 3.54. The largest absolute Gasteiger partial charge is 0.324 e. The van der Waals surface area contributed by atoms with Crippen LogP contribution in [0.2, 0.25) is 0 Å². The van der Waals surface area contributed by atoms with Crippen molar-refractivity contribution in [3.8, 4) is 0 Å². The van der Waals surface area contributed by atoms with Crippen LogP contribution in [-0.2, 0) is 24.1 Å². The minimum atomic E-state index is -1.26. The number of carbonyl (C=O) groups excluding carboxylic acids is 3. The lowest BCUT2D eigenvalue weighted by Crippen LogP contribution is -2.57. The van der Waals surface area contributed by atoms with Gasteiger partial charge in [-0.3, -0.25) is 19.3 Å². The monoisotopic (exact) mass is 526 g/mol. The number of halogens is 2. The van der Waals surface area contributed by atoms with Gasteiger partial charge in [0.2, 0.25) is 17.7 Å². The Morgan fingerprint density at radius 1 is 0.703 bits per heavy atom. The number of imide groups is 1. The summed E-state index contributed by atoms with van der Waals surface area (Å²) in [4.78, 5) is 39.4. The van der Waals surface area contributed by atoms with Crippen molar-refractivity contribution >= 4 is 57.4 Å². The number of nitrogens with zero attached hydrogens (tertiary/aromatic N) is 1. The molecule has 182 valence electrons. The SMILES string of the molecule is O=C(CN1C(=O)[C@@H]2[C@@H](C1=O)C1(Cl)c3ccccc3C2(Cl)c2ccccc21)Nc1cccc2ccccc12. The first-order chi connectivity index (χ1) is 17.9. The van der Waals surface area contributed by atoms with Crippen LogP contribution in [0.4, 0.5) is 5.69 Å². The highest BCUT2D eigenvalue weighted by Crippen LogP contribution is 2.69. The fourth-order valence-corrected chi connectivity index (χ4v) is 7.65.